The van der Waals surface area contributed by atoms with Crippen molar-refractivity contribution in [1.82, 2.24) is 10.3 Å². The molecule has 1 heterocycles. The SMILES string of the molecule is C=C(NNS(=O)(=O)c1ccc([N+](=O)[O-])cc1)c1cccs1. The number of benzene rings is 1. The van der Waals surface area contributed by atoms with Crippen molar-refractivity contribution in [2.45, 2.75) is 4.90 Å². The smallest absolute Gasteiger partial charge is 0.269 e. The van der Waals surface area contributed by atoms with Crippen LogP contribution in [0.15, 0.2) is 53.3 Å². The minimum Gasteiger partial charge on any atom is -0.307 e. The molecular formula is C12H11N3O4S2. The van der Waals surface area contributed by atoms with E-state index >= 15 is 0 Å². The Kier molecular flexibility index (Phi) is 4.36. The second kappa shape index (κ2) is 6.04. The Balaban J connectivity index is 2.08. The lowest BCUT2D eigenvalue weighted by Crippen LogP contribution is -2.35. The van der Waals surface area contributed by atoms with Crippen LogP contribution in [0.3, 0.4) is 0 Å². The molecule has 0 atom stereocenters. The number of thiophene rings is 1. The second-order valence-corrected chi connectivity index (χ2v) is 6.57. The molecule has 1 aromatic heterocycles. The van der Waals surface area contributed by atoms with E-state index in [2.05, 4.69) is 16.8 Å². The first kappa shape index (κ1) is 15.2. The predicted octanol–water partition coefficient (Wildman–Crippen LogP) is 2.11. The predicted molar refractivity (Wildman–Crippen MR) is 79.9 cm³/mol. The average molecular weight is 325 g/mol. The summed E-state index contributed by atoms with van der Waals surface area (Å²) in [7, 11) is -3.83. The van der Waals surface area contributed by atoms with Crippen molar-refractivity contribution in [3.05, 3.63) is 63.3 Å². The van der Waals surface area contributed by atoms with Crippen molar-refractivity contribution in [2.24, 2.45) is 0 Å². The maximum atomic E-state index is 12.0. The van der Waals surface area contributed by atoms with Crippen LogP contribution in [0.25, 0.3) is 5.70 Å². The minimum atomic E-state index is -3.83. The zero-order valence-corrected chi connectivity index (χ0v) is 12.3. The third-order valence-electron chi connectivity index (χ3n) is 2.51. The highest BCUT2D eigenvalue weighted by Crippen LogP contribution is 2.17. The fourth-order valence-electron chi connectivity index (χ4n) is 1.45. The number of hydrazine groups is 1. The highest BCUT2D eigenvalue weighted by atomic mass is 32.2. The molecule has 0 radical (unpaired) electrons. The van der Waals surface area contributed by atoms with Gasteiger partial charge in [-0.15, -0.1) is 16.2 Å². The normalized spacial score (nSPS) is 11.0. The average Bonchev–Trinajstić information content (AvgIpc) is 2.99. The monoisotopic (exact) mass is 325 g/mol. The van der Waals surface area contributed by atoms with E-state index < -0.39 is 14.9 Å². The van der Waals surface area contributed by atoms with Gasteiger partial charge in [0.15, 0.2) is 0 Å². The lowest BCUT2D eigenvalue weighted by Gasteiger charge is -2.10. The number of nitrogens with one attached hydrogen (secondary N) is 2. The van der Waals surface area contributed by atoms with Gasteiger partial charge in [-0.2, -0.15) is 0 Å². The van der Waals surface area contributed by atoms with Crippen LogP contribution in [0, 0.1) is 10.1 Å². The van der Waals surface area contributed by atoms with Gasteiger partial charge in [-0.25, -0.2) is 8.42 Å². The number of nitrogens with zero attached hydrogens (tertiary/aromatic N) is 1. The first-order valence-corrected chi connectivity index (χ1v) is 8.01. The molecule has 1 aromatic carbocycles. The summed E-state index contributed by atoms with van der Waals surface area (Å²) in [6.45, 7) is 3.71. The van der Waals surface area contributed by atoms with Crippen molar-refractivity contribution in [3.8, 4) is 0 Å². The van der Waals surface area contributed by atoms with Gasteiger partial charge in [0.2, 0.25) is 0 Å². The quantitative estimate of drug-likeness (QED) is 0.625. The zero-order chi connectivity index (χ0) is 15.5. The number of nitro groups is 1. The standard InChI is InChI=1S/C12H11N3O4S2/c1-9(12-3-2-8-20-12)13-14-21(18,19)11-6-4-10(5-7-11)15(16)17/h2-8,13-14H,1H2. The molecule has 0 aliphatic rings. The molecule has 2 aromatic rings. The summed E-state index contributed by atoms with van der Waals surface area (Å²) >= 11 is 1.41. The van der Waals surface area contributed by atoms with E-state index in [0.717, 1.165) is 29.1 Å². The van der Waals surface area contributed by atoms with Gasteiger partial charge in [0.1, 0.15) is 0 Å². The van der Waals surface area contributed by atoms with Gasteiger partial charge < -0.3 is 5.43 Å². The zero-order valence-electron chi connectivity index (χ0n) is 10.6. The van der Waals surface area contributed by atoms with Gasteiger partial charge in [0.25, 0.3) is 15.7 Å². The molecule has 2 rings (SSSR count). The summed E-state index contributed by atoms with van der Waals surface area (Å²) in [5.74, 6) is 0. The van der Waals surface area contributed by atoms with E-state index in [9.17, 15) is 18.5 Å². The molecule has 2 N–H and O–H groups in total. The van der Waals surface area contributed by atoms with Gasteiger partial charge in [-0.1, -0.05) is 12.6 Å². The Hall–Kier alpha value is -2.23. The Bertz CT molecular complexity index is 752. The van der Waals surface area contributed by atoms with E-state index in [1.54, 1.807) is 6.07 Å². The summed E-state index contributed by atoms with van der Waals surface area (Å²) in [6, 6.07) is 8.19. The Morgan fingerprint density at radius 2 is 1.90 bits per heavy atom. The van der Waals surface area contributed by atoms with E-state index in [-0.39, 0.29) is 10.6 Å². The van der Waals surface area contributed by atoms with E-state index in [1.165, 1.54) is 11.3 Å². The van der Waals surface area contributed by atoms with E-state index in [0.29, 0.717) is 5.70 Å². The van der Waals surface area contributed by atoms with Gasteiger partial charge >= 0.3 is 0 Å². The summed E-state index contributed by atoms with van der Waals surface area (Å²) in [5.41, 5.74) is 2.74. The van der Waals surface area contributed by atoms with Crippen LogP contribution in [-0.4, -0.2) is 13.3 Å². The van der Waals surface area contributed by atoms with Crippen molar-refractivity contribution in [2.75, 3.05) is 0 Å². The number of rotatable bonds is 6. The maximum Gasteiger partial charge on any atom is 0.269 e. The van der Waals surface area contributed by atoms with Gasteiger partial charge in [-0.05, 0) is 23.6 Å². The van der Waals surface area contributed by atoms with Crippen LogP contribution in [0.2, 0.25) is 0 Å². The number of non-ortho nitro benzene ring substituents is 1. The van der Waals surface area contributed by atoms with Crippen LogP contribution in [0.1, 0.15) is 4.88 Å². The van der Waals surface area contributed by atoms with Crippen LogP contribution in [0.4, 0.5) is 5.69 Å². The summed E-state index contributed by atoms with van der Waals surface area (Å²) in [4.78, 5) is 12.8. The molecule has 0 spiro atoms. The van der Waals surface area contributed by atoms with E-state index in [4.69, 9.17) is 0 Å². The van der Waals surface area contributed by atoms with Gasteiger partial charge in [0, 0.05) is 12.1 Å². The second-order valence-electron chi connectivity index (χ2n) is 3.94. The number of sulfonamides is 1. The maximum absolute atomic E-state index is 12.0. The van der Waals surface area contributed by atoms with Crippen molar-refractivity contribution in [3.63, 3.8) is 0 Å². The largest absolute Gasteiger partial charge is 0.307 e. The molecular weight excluding hydrogens is 314 g/mol. The summed E-state index contributed by atoms with van der Waals surface area (Å²) in [6.07, 6.45) is 0. The number of nitro benzene ring substituents is 1. The molecule has 0 aliphatic heterocycles. The molecule has 7 nitrogen and oxygen atoms in total. The first-order valence-electron chi connectivity index (χ1n) is 5.65. The van der Waals surface area contributed by atoms with Crippen molar-refractivity contribution < 1.29 is 13.3 Å². The van der Waals surface area contributed by atoms with Gasteiger partial charge in [0.05, 0.1) is 20.4 Å². The lowest BCUT2D eigenvalue weighted by molar-refractivity contribution is -0.384. The number of hydrogen-bond acceptors (Lipinski definition) is 6. The van der Waals surface area contributed by atoms with Gasteiger partial charge in [-0.3, -0.25) is 10.1 Å². The van der Waals surface area contributed by atoms with Crippen molar-refractivity contribution in [1.29, 1.82) is 0 Å². The highest BCUT2D eigenvalue weighted by molar-refractivity contribution is 7.89. The van der Waals surface area contributed by atoms with Crippen LogP contribution in [0.5, 0.6) is 0 Å². The van der Waals surface area contributed by atoms with Crippen LogP contribution in [-0.2, 0) is 10.0 Å². The Morgan fingerprint density at radius 3 is 2.43 bits per heavy atom. The molecule has 0 saturated heterocycles. The third-order valence-corrected chi connectivity index (χ3v) is 4.71. The topological polar surface area (TPSA) is 101 Å². The molecule has 0 bridgehead atoms. The molecule has 0 amide bonds. The molecule has 110 valence electrons. The lowest BCUT2D eigenvalue weighted by atomic mass is 10.3. The molecule has 0 fully saturated rings. The minimum absolute atomic E-state index is 0.0837. The highest BCUT2D eigenvalue weighted by Gasteiger charge is 2.16. The van der Waals surface area contributed by atoms with Crippen LogP contribution >= 0.6 is 11.3 Å². The summed E-state index contributed by atoms with van der Waals surface area (Å²) < 4.78 is 24.0. The van der Waals surface area contributed by atoms with E-state index in [1.807, 2.05) is 11.4 Å². The fraction of sp³-hybridized carbons (Fsp3) is 0. The molecule has 0 saturated carbocycles. The summed E-state index contributed by atoms with van der Waals surface area (Å²) in [5, 5.41) is 12.4. The Labute approximate surface area is 125 Å². The van der Waals surface area contributed by atoms with Crippen molar-refractivity contribution >= 4 is 32.7 Å². The molecule has 21 heavy (non-hydrogen) atoms. The Morgan fingerprint density at radius 1 is 1.24 bits per heavy atom. The molecule has 0 aliphatic carbocycles. The molecule has 0 unspecified atom stereocenters. The fourth-order valence-corrected chi connectivity index (χ4v) is 2.97. The first-order chi connectivity index (χ1) is 9.90. The third kappa shape index (κ3) is 3.66. The number of hydrogen-bond donors (Lipinski definition) is 2. The molecule has 9 heteroatoms. The van der Waals surface area contributed by atoms with Crippen LogP contribution < -0.4 is 10.3 Å².